The van der Waals surface area contributed by atoms with E-state index in [9.17, 15) is 9.59 Å². The minimum atomic E-state index is -0.457. The first kappa shape index (κ1) is 25.1. The molecule has 2 unspecified atom stereocenters. The number of halogens is 1. The molecule has 37 heavy (non-hydrogen) atoms. The fourth-order valence-electron chi connectivity index (χ4n) is 4.72. The quantitative estimate of drug-likeness (QED) is 0.393. The van der Waals surface area contributed by atoms with Gasteiger partial charge < -0.3 is 25.0 Å². The summed E-state index contributed by atoms with van der Waals surface area (Å²) in [7, 11) is 0. The van der Waals surface area contributed by atoms with E-state index in [0.717, 1.165) is 16.9 Å². The second-order valence-electron chi connectivity index (χ2n) is 10.2. The minimum Gasteiger partial charge on any atom is -0.455 e. The largest absolute Gasteiger partial charge is 0.455 e. The highest BCUT2D eigenvalue weighted by Gasteiger charge is 2.48. The molecule has 2 aliphatic heterocycles. The number of anilines is 1. The highest BCUT2D eigenvalue weighted by Crippen LogP contribution is 2.41. The Bertz CT molecular complexity index is 1300. The molecule has 2 aliphatic rings. The number of ether oxygens (including phenoxy) is 2. The molecule has 7 nitrogen and oxygen atoms in total. The van der Waals surface area contributed by atoms with Crippen molar-refractivity contribution >= 4 is 29.3 Å². The average Bonchev–Trinajstić information content (AvgIpc) is 3.69. The number of alkyl carbamates (subject to hydrolysis) is 1. The van der Waals surface area contributed by atoms with Gasteiger partial charge in [0.2, 0.25) is 5.91 Å². The molecule has 2 amide bonds. The molecule has 3 aromatic rings. The van der Waals surface area contributed by atoms with Crippen molar-refractivity contribution in [1.29, 1.82) is 0 Å². The Morgan fingerprint density at radius 1 is 1.08 bits per heavy atom. The SMILES string of the molecule is CC(C)(CNC(=O)OCc1ccccc1)C1NC1CC(=O)N1Cc2ccccc2Oc2ccc(Cl)cc21. The Morgan fingerprint density at radius 3 is 2.65 bits per heavy atom. The van der Waals surface area contributed by atoms with Crippen LogP contribution in [0.1, 0.15) is 31.4 Å². The van der Waals surface area contributed by atoms with Gasteiger partial charge in [-0.25, -0.2) is 4.79 Å². The van der Waals surface area contributed by atoms with Crippen molar-refractivity contribution in [2.45, 2.75) is 45.5 Å². The van der Waals surface area contributed by atoms with E-state index >= 15 is 0 Å². The normalized spacial score (nSPS) is 18.1. The molecular weight excluding hydrogens is 490 g/mol. The Kier molecular flexibility index (Phi) is 7.09. The zero-order valence-corrected chi connectivity index (χ0v) is 21.6. The topological polar surface area (TPSA) is 89.8 Å². The van der Waals surface area contributed by atoms with Crippen LogP contribution in [0.5, 0.6) is 11.5 Å². The summed E-state index contributed by atoms with van der Waals surface area (Å²) in [6.45, 7) is 5.18. The first-order valence-corrected chi connectivity index (χ1v) is 12.7. The lowest BCUT2D eigenvalue weighted by atomic mass is 9.86. The molecule has 8 heteroatoms. The highest BCUT2D eigenvalue weighted by atomic mass is 35.5. The van der Waals surface area contributed by atoms with Gasteiger partial charge in [-0.3, -0.25) is 4.79 Å². The van der Waals surface area contributed by atoms with Crippen molar-refractivity contribution in [3.8, 4) is 11.5 Å². The summed E-state index contributed by atoms with van der Waals surface area (Å²) in [6.07, 6.45) is -0.136. The molecule has 2 atom stereocenters. The summed E-state index contributed by atoms with van der Waals surface area (Å²) in [5, 5.41) is 6.84. The summed E-state index contributed by atoms with van der Waals surface area (Å²) in [5.74, 6) is 1.31. The van der Waals surface area contributed by atoms with Crippen LogP contribution in [0.4, 0.5) is 10.5 Å². The number of benzene rings is 3. The molecule has 192 valence electrons. The molecule has 0 aliphatic carbocycles. The Balaban J connectivity index is 1.19. The zero-order valence-electron chi connectivity index (χ0n) is 20.9. The molecule has 0 saturated carbocycles. The van der Waals surface area contributed by atoms with Crippen LogP contribution in [0.25, 0.3) is 0 Å². The molecule has 1 fully saturated rings. The van der Waals surface area contributed by atoms with E-state index in [1.807, 2.05) is 54.6 Å². The van der Waals surface area contributed by atoms with Crippen LogP contribution in [-0.4, -0.2) is 30.6 Å². The van der Waals surface area contributed by atoms with Crippen LogP contribution >= 0.6 is 11.6 Å². The van der Waals surface area contributed by atoms with Gasteiger partial charge in [0.25, 0.3) is 0 Å². The van der Waals surface area contributed by atoms with E-state index in [4.69, 9.17) is 21.1 Å². The third-order valence-electron chi connectivity index (χ3n) is 6.86. The fraction of sp³-hybridized carbons (Fsp3) is 0.310. The van der Waals surface area contributed by atoms with Crippen LogP contribution < -0.4 is 20.3 Å². The van der Waals surface area contributed by atoms with Crippen LogP contribution in [0.15, 0.2) is 72.8 Å². The van der Waals surface area contributed by atoms with Gasteiger partial charge in [0.15, 0.2) is 5.75 Å². The molecule has 2 N–H and O–H groups in total. The smallest absolute Gasteiger partial charge is 0.407 e. The third kappa shape index (κ3) is 5.89. The van der Waals surface area contributed by atoms with Crippen molar-refractivity contribution in [2.75, 3.05) is 11.4 Å². The predicted octanol–water partition coefficient (Wildman–Crippen LogP) is 5.66. The molecule has 0 bridgehead atoms. The van der Waals surface area contributed by atoms with Gasteiger partial charge in [-0.15, -0.1) is 0 Å². The van der Waals surface area contributed by atoms with Gasteiger partial charge in [-0.05, 0) is 35.2 Å². The van der Waals surface area contributed by atoms with Gasteiger partial charge in [0.05, 0.1) is 12.2 Å². The summed E-state index contributed by atoms with van der Waals surface area (Å²) in [6, 6.07) is 22.7. The minimum absolute atomic E-state index is 0.00619. The predicted molar refractivity (Wildman–Crippen MR) is 143 cm³/mol. The lowest BCUT2D eigenvalue weighted by Gasteiger charge is -2.25. The van der Waals surface area contributed by atoms with Crippen molar-refractivity contribution in [3.05, 3.63) is 88.9 Å². The number of nitrogens with one attached hydrogen (secondary N) is 2. The van der Waals surface area contributed by atoms with Gasteiger partial charge in [0.1, 0.15) is 12.4 Å². The van der Waals surface area contributed by atoms with Gasteiger partial charge in [-0.2, -0.15) is 0 Å². The average molecular weight is 520 g/mol. The van der Waals surface area contributed by atoms with E-state index in [1.165, 1.54) is 0 Å². The van der Waals surface area contributed by atoms with Crippen molar-refractivity contribution in [2.24, 2.45) is 5.41 Å². The van der Waals surface area contributed by atoms with Crippen molar-refractivity contribution < 1.29 is 19.1 Å². The first-order valence-electron chi connectivity index (χ1n) is 12.4. The maximum atomic E-state index is 13.5. The molecule has 0 radical (unpaired) electrons. The van der Waals surface area contributed by atoms with E-state index in [1.54, 1.807) is 23.1 Å². The van der Waals surface area contributed by atoms with Gasteiger partial charge in [-0.1, -0.05) is 74.0 Å². The van der Waals surface area contributed by atoms with Crippen LogP contribution in [-0.2, 0) is 22.7 Å². The van der Waals surface area contributed by atoms with E-state index in [0.29, 0.717) is 36.0 Å². The second kappa shape index (κ2) is 10.4. The van der Waals surface area contributed by atoms with Crippen molar-refractivity contribution in [1.82, 2.24) is 10.6 Å². The number of hydrogen-bond donors (Lipinski definition) is 2. The van der Waals surface area contributed by atoms with E-state index in [-0.39, 0.29) is 30.0 Å². The van der Waals surface area contributed by atoms with E-state index < -0.39 is 6.09 Å². The number of hydrogen-bond acceptors (Lipinski definition) is 5. The maximum absolute atomic E-state index is 13.5. The number of rotatable bonds is 7. The molecule has 0 spiro atoms. The van der Waals surface area contributed by atoms with Crippen LogP contribution in [0, 0.1) is 5.41 Å². The number of carbonyl (C=O) groups is 2. The summed E-state index contributed by atoms with van der Waals surface area (Å²) in [5.41, 5.74) is 2.26. The molecule has 1 saturated heterocycles. The lowest BCUT2D eigenvalue weighted by Crippen LogP contribution is -2.39. The Hall–Kier alpha value is -3.55. The lowest BCUT2D eigenvalue weighted by molar-refractivity contribution is -0.118. The number of nitrogens with zero attached hydrogens (tertiary/aromatic N) is 1. The maximum Gasteiger partial charge on any atom is 0.407 e. The molecule has 5 rings (SSSR count). The third-order valence-corrected chi connectivity index (χ3v) is 7.09. The molecule has 0 aromatic heterocycles. The molecule has 3 aromatic carbocycles. The Labute approximate surface area is 221 Å². The number of fused-ring (bicyclic) bond motifs is 2. The number of carbonyl (C=O) groups excluding carboxylic acids is 2. The standard InChI is InChI=1S/C29H30ClN3O4/c1-29(2,18-31-28(35)36-17-19-8-4-3-5-9-19)27-22(32-27)15-26(34)33-16-20-10-6-7-11-24(20)37-25-13-12-21(30)14-23(25)33/h3-14,22,27,32H,15-18H2,1-2H3,(H,31,35). The number of amides is 2. The Morgan fingerprint density at radius 2 is 1.84 bits per heavy atom. The monoisotopic (exact) mass is 519 g/mol. The van der Waals surface area contributed by atoms with Crippen LogP contribution in [0.2, 0.25) is 5.02 Å². The van der Waals surface area contributed by atoms with Gasteiger partial charge in [0, 0.05) is 35.6 Å². The zero-order chi connectivity index (χ0) is 26.0. The molecular formula is C29H30ClN3O4. The fourth-order valence-corrected chi connectivity index (χ4v) is 4.89. The summed E-state index contributed by atoms with van der Waals surface area (Å²) >= 11 is 6.28. The molecule has 2 heterocycles. The van der Waals surface area contributed by atoms with Gasteiger partial charge >= 0.3 is 6.09 Å². The number of para-hydroxylation sites is 1. The first-order chi connectivity index (χ1) is 17.8. The van der Waals surface area contributed by atoms with Crippen molar-refractivity contribution in [3.63, 3.8) is 0 Å². The second-order valence-corrected chi connectivity index (χ2v) is 10.6. The summed E-state index contributed by atoms with van der Waals surface area (Å²) < 4.78 is 11.4. The van der Waals surface area contributed by atoms with Crippen LogP contribution in [0.3, 0.4) is 0 Å². The van der Waals surface area contributed by atoms with E-state index in [2.05, 4.69) is 24.5 Å². The highest BCUT2D eigenvalue weighted by molar-refractivity contribution is 6.31. The summed E-state index contributed by atoms with van der Waals surface area (Å²) in [4.78, 5) is 27.5.